The zero-order valence-corrected chi connectivity index (χ0v) is 7.82. The Kier molecular flexibility index (Phi) is 3.44. The van der Waals surface area contributed by atoms with E-state index in [1.807, 2.05) is 0 Å². The Balaban J connectivity index is 2.25. The summed E-state index contributed by atoms with van der Waals surface area (Å²) in [4.78, 5) is 33.9. The van der Waals surface area contributed by atoms with Gasteiger partial charge in [-0.25, -0.2) is 4.79 Å². The third-order valence-corrected chi connectivity index (χ3v) is 1.83. The lowest BCUT2D eigenvalue weighted by atomic mass is 10.2. The van der Waals surface area contributed by atoms with Gasteiger partial charge in [0, 0.05) is 13.1 Å². The number of methoxy groups -OCH3 is 1. The summed E-state index contributed by atoms with van der Waals surface area (Å²) in [5.74, 6) is -1.60. The average Bonchev–Trinajstić information content (AvgIpc) is 1.99. The Morgan fingerprint density at radius 1 is 1.21 bits per heavy atom. The van der Waals surface area contributed by atoms with E-state index in [9.17, 15) is 14.4 Å². The summed E-state index contributed by atoms with van der Waals surface area (Å²) in [6, 6.07) is 0. The summed E-state index contributed by atoms with van der Waals surface area (Å²) >= 11 is 0. The largest absolute Gasteiger partial charge is 0.469 e. The van der Waals surface area contributed by atoms with Crippen LogP contribution in [0.3, 0.4) is 0 Å². The van der Waals surface area contributed by atoms with Crippen molar-refractivity contribution in [1.82, 2.24) is 4.90 Å². The predicted octanol–water partition coefficient (Wildman–Crippen LogP) is -0.0816. The topological polar surface area (TPSA) is 72.9 Å². The molecule has 78 valence electrons. The van der Waals surface area contributed by atoms with Crippen LogP contribution in [0, 0.1) is 0 Å². The number of amides is 1. The molecule has 0 N–H and O–H groups in total. The van der Waals surface area contributed by atoms with Gasteiger partial charge in [0.2, 0.25) is 0 Å². The third-order valence-electron chi connectivity index (χ3n) is 1.83. The van der Waals surface area contributed by atoms with Crippen molar-refractivity contribution in [2.75, 3.05) is 20.2 Å². The number of rotatable bonds is 2. The highest BCUT2D eigenvalue weighted by Gasteiger charge is 2.24. The Morgan fingerprint density at radius 3 is 2.29 bits per heavy atom. The number of carbonyl (C=O) groups excluding carboxylic acids is 3. The molecule has 14 heavy (non-hydrogen) atoms. The van der Waals surface area contributed by atoms with E-state index in [4.69, 9.17) is 0 Å². The van der Waals surface area contributed by atoms with Crippen LogP contribution in [0.4, 0.5) is 4.79 Å². The Bertz CT molecular complexity index is 258. The molecule has 1 aliphatic rings. The molecule has 1 rings (SSSR count). The normalized spacial score (nSPS) is 14.2. The molecule has 1 heterocycles. The fourth-order valence-corrected chi connectivity index (χ4v) is 0.887. The van der Waals surface area contributed by atoms with Gasteiger partial charge in [0.25, 0.3) is 0 Å². The van der Waals surface area contributed by atoms with Gasteiger partial charge in [0.05, 0.1) is 7.11 Å². The van der Waals surface area contributed by atoms with Crippen molar-refractivity contribution in [3.05, 3.63) is 0 Å². The molecule has 1 aliphatic heterocycles. The first-order valence-corrected chi connectivity index (χ1v) is 4.20. The van der Waals surface area contributed by atoms with Gasteiger partial charge in [-0.05, 0) is 6.42 Å². The Morgan fingerprint density at radius 2 is 1.86 bits per heavy atom. The van der Waals surface area contributed by atoms with E-state index in [1.54, 1.807) is 0 Å². The van der Waals surface area contributed by atoms with E-state index >= 15 is 0 Å². The second-order valence-corrected chi connectivity index (χ2v) is 2.83. The van der Waals surface area contributed by atoms with Gasteiger partial charge >= 0.3 is 18.0 Å². The summed E-state index contributed by atoms with van der Waals surface area (Å²) < 4.78 is 8.61. The average molecular weight is 201 g/mol. The number of likely N-dealkylation sites (tertiary alicyclic amines) is 1. The molecule has 0 aromatic heterocycles. The van der Waals surface area contributed by atoms with Crippen molar-refractivity contribution in [2.45, 2.75) is 12.8 Å². The van der Waals surface area contributed by atoms with Crippen molar-refractivity contribution >= 4 is 18.0 Å². The molecule has 0 spiro atoms. The lowest BCUT2D eigenvalue weighted by molar-refractivity contribution is -0.150. The van der Waals surface area contributed by atoms with Gasteiger partial charge in [0.15, 0.2) is 0 Å². The summed E-state index contributed by atoms with van der Waals surface area (Å²) in [6.45, 7) is 1.20. The fourth-order valence-electron chi connectivity index (χ4n) is 0.887. The molecule has 0 aromatic rings. The second kappa shape index (κ2) is 4.59. The number of hydrogen-bond acceptors (Lipinski definition) is 5. The maximum Gasteiger partial charge on any atom is 0.417 e. The highest BCUT2D eigenvalue weighted by Crippen LogP contribution is 2.07. The molecule has 0 atom stereocenters. The monoisotopic (exact) mass is 201 g/mol. The van der Waals surface area contributed by atoms with Crippen LogP contribution in [0.2, 0.25) is 0 Å². The molecule has 1 fully saturated rings. The molecule has 0 bridgehead atoms. The SMILES string of the molecule is COC(=O)CC(=O)OC(=O)N1CCC1. The lowest BCUT2D eigenvalue weighted by Crippen LogP contribution is -2.43. The van der Waals surface area contributed by atoms with Gasteiger partial charge in [-0.15, -0.1) is 0 Å². The van der Waals surface area contributed by atoms with Crippen LogP contribution in [-0.2, 0) is 19.1 Å². The first-order chi connectivity index (χ1) is 6.63. The minimum Gasteiger partial charge on any atom is -0.469 e. The van der Waals surface area contributed by atoms with Crippen LogP contribution in [0.15, 0.2) is 0 Å². The van der Waals surface area contributed by atoms with E-state index in [0.717, 1.165) is 13.5 Å². The van der Waals surface area contributed by atoms with Crippen LogP contribution in [-0.4, -0.2) is 43.1 Å². The Hall–Kier alpha value is -1.59. The van der Waals surface area contributed by atoms with Crippen molar-refractivity contribution in [3.8, 4) is 0 Å². The molecule has 0 saturated carbocycles. The number of ether oxygens (including phenoxy) is 2. The minimum absolute atomic E-state index is 0.532. The maximum atomic E-state index is 11.0. The minimum atomic E-state index is -0.881. The highest BCUT2D eigenvalue weighted by molar-refractivity contribution is 5.95. The van der Waals surface area contributed by atoms with E-state index in [1.165, 1.54) is 4.90 Å². The zero-order chi connectivity index (χ0) is 10.6. The first kappa shape index (κ1) is 10.5. The number of nitrogens with zero attached hydrogens (tertiary/aromatic N) is 1. The van der Waals surface area contributed by atoms with E-state index < -0.39 is 24.5 Å². The first-order valence-electron chi connectivity index (χ1n) is 4.20. The molecule has 1 amide bonds. The van der Waals surface area contributed by atoms with Crippen LogP contribution < -0.4 is 0 Å². The van der Waals surface area contributed by atoms with Crippen molar-refractivity contribution in [2.24, 2.45) is 0 Å². The van der Waals surface area contributed by atoms with E-state index in [2.05, 4.69) is 9.47 Å². The molecule has 6 heteroatoms. The Labute approximate surface area is 80.8 Å². The second-order valence-electron chi connectivity index (χ2n) is 2.83. The highest BCUT2D eigenvalue weighted by atomic mass is 16.6. The van der Waals surface area contributed by atoms with Gasteiger partial charge in [-0.1, -0.05) is 0 Å². The van der Waals surface area contributed by atoms with Crippen LogP contribution in [0.1, 0.15) is 12.8 Å². The van der Waals surface area contributed by atoms with Crippen LogP contribution in [0.25, 0.3) is 0 Å². The molecule has 0 aromatic carbocycles. The standard InChI is InChI=1S/C8H11NO5/c1-13-6(10)5-7(11)14-8(12)9-3-2-4-9/h2-5H2,1H3. The molecular formula is C8H11NO5. The van der Waals surface area contributed by atoms with E-state index in [-0.39, 0.29) is 0 Å². The molecule has 1 saturated heterocycles. The number of hydrogen-bond donors (Lipinski definition) is 0. The fraction of sp³-hybridized carbons (Fsp3) is 0.625. The molecular weight excluding hydrogens is 190 g/mol. The summed E-state index contributed by atoms with van der Waals surface area (Å²) in [5, 5.41) is 0. The smallest absolute Gasteiger partial charge is 0.417 e. The number of esters is 2. The van der Waals surface area contributed by atoms with Crippen LogP contribution in [0.5, 0.6) is 0 Å². The van der Waals surface area contributed by atoms with Gasteiger partial charge in [0.1, 0.15) is 6.42 Å². The molecule has 0 radical (unpaired) electrons. The zero-order valence-electron chi connectivity index (χ0n) is 7.82. The molecule has 0 unspecified atom stereocenters. The van der Waals surface area contributed by atoms with Crippen molar-refractivity contribution in [1.29, 1.82) is 0 Å². The van der Waals surface area contributed by atoms with Gasteiger partial charge < -0.3 is 14.4 Å². The van der Waals surface area contributed by atoms with Crippen molar-refractivity contribution in [3.63, 3.8) is 0 Å². The van der Waals surface area contributed by atoms with Gasteiger partial charge in [-0.2, -0.15) is 0 Å². The molecule has 6 nitrogen and oxygen atoms in total. The third kappa shape index (κ3) is 2.72. The van der Waals surface area contributed by atoms with E-state index in [0.29, 0.717) is 13.1 Å². The molecule has 0 aliphatic carbocycles. The summed E-state index contributed by atoms with van der Waals surface area (Å²) in [7, 11) is 1.16. The number of carbonyl (C=O) groups is 3. The van der Waals surface area contributed by atoms with Crippen LogP contribution >= 0.6 is 0 Å². The lowest BCUT2D eigenvalue weighted by Gasteiger charge is -2.28. The summed E-state index contributed by atoms with van der Waals surface area (Å²) in [5.41, 5.74) is 0. The quantitative estimate of drug-likeness (QED) is 0.461. The summed E-state index contributed by atoms with van der Waals surface area (Å²) in [6.07, 6.45) is -0.304. The van der Waals surface area contributed by atoms with Gasteiger partial charge in [-0.3, -0.25) is 9.59 Å². The van der Waals surface area contributed by atoms with Crippen molar-refractivity contribution < 1.29 is 23.9 Å². The maximum absolute atomic E-state index is 11.0. The predicted molar refractivity (Wildman–Crippen MR) is 44.3 cm³/mol.